The largest absolute Gasteiger partial charge is 0.493 e. The molecule has 0 aromatic heterocycles. The van der Waals surface area contributed by atoms with Gasteiger partial charge in [-0.1, -0.05) is 44.2 Å². The van der Waals surface area contributed by atoms with Gasteiger partial charge in [0.2, 0.25) is 5.91 Å². The summed E-state index contributed by atoms with van der Waals surface area (Å²) in [4.78, 5) is 12.2. The van der Waals surface area contributed by atoms with E-state index in [-0.39, 0.29) is 11.9 Å². The molecule has 5 nitrogen and oxygen atoms in total. The second-order valence-corrected chi connectivity index (χ2v) is 6.92. The highest BCUT2D eigenvalue weighted by Gasteiger charge is 2.10. The van der Waals surface area contributed by atoms with Crippen molar-refractivity contribution < 1.29 is 14.3 Å². The molecule has 0 saturated heterocycles. The Labute approximate surface area is 161 Å². The molecule has 2 aromatic rings. The fourth-order valence-electron chi connectivity index (χ4n) is 2.85. The number of hydrogen-bond donors (Lipinski definition) is 2. The van der Waals surface area contributed by atoms with E-state index in [2.05, 4.69) is 31.3 Å². The standard InChI is InChI=1S/C22H30N2O3/c1-15(2)17-7-9-18(10-8-17)19(23)14-24-22(25)12-6-16-5-11-20(26-3)21(13-16)27-4/h5,7-11,13,15,19H,6,12,14,23H2,1-4H3,(H,24,25). The van der Waals surface area contributed by atoms with E-state index in [1.807, 2.05) is 30.3 Å². The molecular formula is C22H30N2O3. The predicted molar refractivity (Wildman–Crippen MR) is 108 cm³/mol. The molecule has 2 rings (SSSR count). The van der Waals surface area contributed by atoms with Crippen molar-refractivity contribution in [2.45, 2.75) is 38.6 Å². The molecule has 0 saturated carbocycles. The number of methoxy groups -OCH3 is 2. The third-order valence-corrected chi connectivity index (χ3v) is 4.64. The molecule has 0 bridgehead atoms. The van der Waals surface area contributed by atoms with Crippen molar-refractivity contribution in [3.63, 3.8) is 0 Å². The van der Waals surface area contributed by atoms with E-state index >= 15 is 0 Å². The number of benzene rings is 2. The predicted octanol–water partition coefficient (Wildman–Crippen LogP) is 3.58. The SMILES string of the molecule is COc1ccc(CCC(=O)NCC(N)c2ccc(C(C)C)cc2)cc1OC. The lowest BCUT2D eigenvalue weighted by molar-refractivity contribution is -0.121. The van der Waals surface area contributed by atoms with Gasteiger partial charge in [0.25, 0.3) is 0 Å². The first kappa shape index (κ1) is 20.8. The topological polar surface area (TPSA) is 73.6 Å². The minimum absolute atomic E-state index is 0.0148. The molecule has 1 unspecified atom stereocenters. The molecular weight excluding hydrogens is 340 g/mol. The van der Waals surface area contributed by atoms with E-state index in [1.165, 1.54) is 5.56 Å². The monoisotopic (exact) mass is 370 g/mol. The van der Waals surface area contributed by atoms with Gasteiger partial charge in [-0.2, -0.15) is 0 Å². The summed E-state index contributed by atoms with van der Waals surface area (Å²) in [7, 11) is 3.20. The molecule has 0 fully saturated rings. The summed E-state index contributed by atoms with van der Waals surface area (Å²) in [6.07, 6.45) is 1.03. The number of ether oxygens (including phenoxy) is 2. The van der Waals surface area contributed by atoms with Crippen LogP contribution in [0.2, 0.25) is 0 Å². The number of carbonyl (C=O) groups is 1. The van der Waals surface area contributed by atoms with Crippen LogP contribution in [-0.4, -0.2) is 26.7 Å². The molecule has 1 atom stereocenters. The van der Waals surface area contributed by atoms with Crippen LogP contribution in [0.15, 0.2) is 42.5 Å². The summed E-state index contributed by atoms with van der Waals surface area (Å²) in [6.45, 7) is 4.74. The maximum atomic E-state index is 12.2. The van der Waals surface area contributed by atoms with Crippen LogP contribution in [0.25, 0.3) is 0 Å². The average molecular weight is 370 g/mol. The van der Waals surface area contributed by atoms with Gasteiger partial charge in [-0.15, -0.1) is 0 Å². The molecule has 0 aliphatic carbocycles. The number of nitrogens with two attached hydrogens (primary N) is 1. The van der Waals surface area contributed by atoms with E-state index in [1.54, 1.807) is 14.2 Å². The van der Waals surface area contributed by atoms with Crippen molar-refractivity contribution in [2.75, 3.05) is 20.8 Å². The molecule has 0 radical (unpaired) electrons. The van der Waals surface area contributed by atoms with Crippen LogP contribution in [-0.2, 0) is 11.2 Å². The number of carbonyl (C=O) groups excluding carboxylic acids is 1. The molecule has 27 heavy (non-hydrogen) atoms. The first-order chi connectivity index (χ1) is 12.9. The lowest BCUT2D eigenvalue weighted by atomic mass is 9.99. The van der Waals surface area contributed by atoms with Crippen LogP contribution >= 0.6 is 0 Å². The Morgan fingerprint density at radius 3 is 2.22 bits per heavy atom. The first-order valence-electron chi connectivity index (χ1n) is 9.27. The van der Waals surface area contributed by atoms with Crippen molar-refractivity contribution in [3.8, 4) is 11.5 Å². The Hall–Kier alpha value is -2.53. The first-order valence-corrected chi connectivity index (χ1v) is 9.27. The highest BCUT2D eigenvalue weighted by atomic mass is 16.5. The van der Waals surface area contributed by atoms with Crippen LogP contribution in [0.5, 0.6) is 11.5 Å². The Bertz CT molecular complexity index is 742. The van der Waals surface area contributed by atoms with Crippen LogP contribution in [0.1, 0.15) is 48.9 Å². The number of amides is 1. The van der Waals surface area contributed by atoms with Crippen molar-refractivity contribution in [2.24, 2.45) is 5.73 Å². The Morgan fingerprint density at radius 2 is 1.63 bits per heavy atom. The van der Waals surface area contributed by atoms with E-state index in [4.69, 9.17) is 15.2 Å². The normalized spacial score (nSPS) is 11.9. The molecule has 0 spiro atoms. The molecule has 0 aliphatic rings. The van der Waals surface area contributed by atoms with Crippen molar-refractivity contribution >= 4 is 5.91 Å². The Balaban J connectivity index is 1.82. The Morgan fingerprint density at radius 1 is 1.00 bits per heavy atom. The van der Waals surface area contributed by atoms with Gasteiger partial charge in [0.15, 0.2) is 11.5 Å². The fourth-order valence-corrected chi connectivity index (χ4v) is 2.85. The van der Waals surface area contributed by atoms with Crippen LogP contribution in [0.4, 0.5) is 0 Å². The summed E-state index contributed by atoms with van der Waals surface area (Å²) in [6, 6.07) is 13.7. The minimum atomic E-state index is -0.212. The number of aryl methyl sites for hydroxylation is 1. The second-order valence-electron chi connectivity index (χ2n) is 6.92. The molecule has 146 valence electrons. The highest BCUT2D eigenvalue weighted by Crippen LogP contribution is 2.28. The zero-order valence-electron chi connectivity index (χ0n) is 16.6. The molecule has 3 N–H and O–H groups in total. The molecule has 5 heteroatoms. The summed E-state index contributed by atoms with van der Waals surface area (Å²) in [5, 5.41) is 2.92. The Kier molecular flexibility index (Phi) is 7.67. The van der Waals surface area contributed by atoms with E-state index < -0.39 is 0 Å². The third kappa shape index (κ3) is 6.00. The van der Waals surface area contributed by atoms with Gasteiger partial charge >= 0.3 is 0 Å². The zero-order valence-corrected chi connectivity index (χ0v) is 16.6. The van der Waals surface area contributed by atoms with Crippen molar-refractivity contribution in [3.05, 3.63) is 59.2 Å². The smallest absolute Gasteiger partial charge is 0.220 e. The van der Waals surface area contributed by atoms with Gasteiger partial charge in [-0.25, -0.2) is 0 Å². The van der Waals surface area contributed by atoms with Crippen molar-refractivity contribution in [1.82, 2.24) is 5.32 Å². The summed E-state index contributed by atoms with van der Waals surface area (Å²) in [5.41, 5.74) is 9.54. The van der Waals surface area contributed by atoms with Gasteiger partial charge in [-0.05, 0) is 41.2 Å². The summed E-state index contributed by atoms with van der Waals surface area (Å²) < 4.78 is 10.5. The van der Waals surface area contributed by atoms with Gasteiger partial charge in [0.05, 0.1) is 14.2 Å². The lowest BCUT2D eigenvalue weighted by Gasteiger charge is -2.15. The van der Waals surface area contributed by atoms with Crippen LogP contribution < -0.4 is 20.5 Å². The van der Waals surface area contributed by atoms with Gasteiger partial charge in [0, 0.05) is 19.0 Å². The van der Waals surface area contributed by atoms with E-state index in [0.29, 0.717) is 36.8 Å². The molecule has 1 amide bonds. The van der Waals surface area contributed by atoms with Crippen LogP contribution in [0.3, 0.4) is 0 Å². The van der Waals surface area contributed by atoms with Crippen molar-refractivity contribution in [1.29, 1.82) is 0 Å². The number of nitrogens with one attached hydrogen (secondary N) is 1. The number of rotatable bonds is 9. The zero-order chi connectivity index (χ0) is 19.8. The van der Waals surface area contributed by atoms with Crippen LogP contribution in [0, 0.1) is 0 Å². The highest BCUT2D eigenvalue weighted by molar-refractivity contribution is 5.76. The average Bonchev–Trinajstić information content (AvgIpc) is 2.70. The lowest BCUT2D eigenvalue weighted by Crippen LogP contribution is -2.32. The number of hydrogen-bond acceptors (Lipinski definition) is 4. The fraction of sp³-hybridized carbons (Fsp3) is 0.409. The molecule has 2 aromatic carbocycles. The second kappa shape index (κ2) is 9.97. The van der Waals surface area contributed by atoms with E-state index in [0.717, 1.165) is 11.1 Å². The maximum absolute atomic E-state index is 12.2. The van der Waals surface area contributed by atoms with E-state index in [9.17, 15) is 4.79 Å². The summed E-state index contributed by atoms with van der Waals surface area (Å²) in [5.74, 6) is 1.83. The minimum Gasteiger partial charge on any atom is -0.493 e. The van der Waals surface area contributed by atoms with Gasteiger partial charge < -0.3 is 20.5 Å². The quantitative estimate of drug-likeness (QED) is 0.708. The molecule has 0 heterocycles. The maximum Gasteiger partial charge on any atom is 0.220 e. The van der Waals surface area contributed by atoms with Gasteiger partial charge in [0.1, 0.15) is 0 Å². The summed E-state index contributed by atoms with van der Waals surface area (Å²) >= 11 is 0. The third-order valence-electron chi connectivity index (χ3n) is 4.64. The molecule has 0 aliphatic heterocycles. The van der Waals surface area contributed by atoms with Gasteiger partial charge in [-0.3, -0.25) is 4.79 Å².